The standard InChI is InChI=1S/C10H10BrFO2/c1-10(12,6-9(13)14)7-3-2-4-8(11)5-7/h2-5H,6H2,1H3,(H,13,14). The summed E-state index contributed by atoms with van der Waals surface area (Å²) in [6.07, 6.45) is -0.524. The summed E-state index contributed by atoms with van der Waals surface area (Å²) in [6, 6.07) is 6.61. The predicted molar refractivity (Wildman–Crippen MR) is 54.9 cm³/mol. The molecule has 0 amide bonds. The quantitative estimate of drug-likeness (QED) is 0.907. The van der Waals surface area contributed by atoms with Crippen LogP contribution in [0.1, 0.15) is 18.9 Å². The van der Waals surface area contributed by atoms with Crippen LogP contribution in [0.5, 0.6) is 0 Å². The fraction of sp³-hybridized carbons (Fsp3) is 0.300. The van der Waals surface area contributed by atoms with Crippen LogP contribution in [0.25, 0.3) is 0 Å². The lowest BCUT2D eigenvalue weighted by atomic mass is 9.95. The maximum Gasteiger partial charge on any atom is 0.306 e. The Kier molecular flexibility index (Phi) is 3.26. The van der Waals surface area contributed by atoms with Crippen molar-refractivity contribution in [1.82, 2.24) is 0 Å². The van der Waals surface area contributed by atoms with Crippen molar-refractivity contribution >= 4 is 21.9 Å². The molecule has 0 heterocycles. The highest BCUT2D eigenvalue weighted by atomic mass is 79.9. The molecule has 1 atom stereocenters. The van der Waals surface area contributed by atoms with Gasteiger partial charge in [-0.3, -0.25) is 4.79 Å². The third kappa shape index (κ3) is 2.80. The summed E-state index contributed by atoms with van der Waals surface area (Å²) in [5.74, 6) is -1.14. The van der Waals surface area contributed by atoms with Gasteiger partial charge in [0, 0.05) is 4.47 Å². The lowest BCUT2D eigenvalue weighted by Gasteiger charge is -2.18. The summed E-state index contributed by atoms with van der Waals surface area (Å²) in [5.41, 5.74) is -1.45. The van der Waals surface area contributed by atoms with Gasteiger partial charge in [0.1, 0.15) is 5.67 Å². The maximum atomic E-state index is 13.9. The minimum absolute atomic E-state index is 0.370. The number of alkyl halides is 1. The van der Waals surface area contributed by atoms with Crippen LogP contribution in [0.4, 0.5) is 4.39 Å². The van der Waals surface area contributed by atoms with Crippen LogP contribution in [0, 0.1) is 0 Å². The van der Waals surface area contributed by atoms with Gasteiger partial charge in [0.15, 0.2) is 0 Å². The minimum atomic E-state index is -1.82. The molecular formula is C10H10BrFO2. The van der Waals surface area contributed by atoms with E-state index in [4.69, 9.17) is 5.11 Å². The van der Waals surface area contributed by atoms with E-state index in [9.17, 15) is 9.18 Å². The van der Waals surface area contributed by atoms with Gasteiger partial charge in [-0.15, -0.1) is 0 Å². The van der Waals surface area contributed by atoms with E-state index in [0.29, 0.717) is 5.56 Å². The molecule has 2 nitrogen and oxygen atoms in total. The largest absolute Gasteiger partial charge is 0.481 e. The van der Waals surface area contributed by atoms with Crippen LogP contribution in [0.2, 0.25) is 0 Å². The molecule has 1 N–H and O–H groups in total. The number of carbonyl (C=O) groups is 1. The van der Waals surface area contributed by atoms with Crippen molar-refractivity contribution in [1.29, 1.82) is 0 Å². The van der Waals surface area contributed by atoms with E-state index in [0.717, 1.165) is 4.47 Å². The first-order valence-electron chi connectivity index (χ1n) is 4.08. The van der Waals surface area contributed by atoms with Crippen LogP contribution < -0.4 is 0 Å². The predicted octanol–water partition coefficient (Wildman–Crippen LogP) is 3.11. The second kappa shape index (κ2) is 4.09. The Balaban J connectivity index is 2.97. The molecule has 0 bridgehead atoms. The summed E-state index contributed by atoms with van der Waals surface area (Å²) >= 11 is 3.21. The summed E-state index contributed by atoms with van der Waals surface area (Å²) in [6.45, 7) is 1.27. The molecular weight excluding hydrogens is 251 g/mol. The van der Waals surface area contributed by atoms with E-state index in [1.165, 1.54) is 6.92 Å². The van der Waals surface area contributed by atoms with E-state index in [-0.39, 0.29) is 0 Å². The molecule has 0 aliphatic rings. The van der Waals surface area contributed by atoms with Crippen LogP contribution in [-0.2, 0) is 10.5 Å². The number of benzene rings is 1. The lowest BCUT2D eigenvalue weighted by molar-refractivity contribution is -0.140. The van der Waals surface area contributed by atoms with Crippen LogP contribution in [-0.4, -0.2) is 11.1 Å². The fourth-order valence-corrected chi connectivity index (χ4v) is 1.60. The van der Waals surface area contributed by atoms with E-state index >= 15 is 0 Å². The maximum absolute atomic E-state index is 13.9. The molecule has 1 aromatic carbocycles. The fourth-order valence-electron chi connectivity index (χ4n) is 1.20. The van der Waals surface area contributed by atoms with E-state index in [1.807, 2.05) is 0 Å². The second-order valence-corrected chi connectivity index (χ2v) is 4.19. The van der Waals surface area contributed by atoms with Gasteiger partial charge in [-0.25, -0.2) is 4.39 Å². The summed E-state index contributed by atoms with van der Waals surface area (Å²) < 4.78 is 14.6. The van der Waals surface area contributed by atoms with Gasteiger partial charge < -0.3 is 5.11 Å². The zero-order valence-electron chi connectivity index (χ0n) is 7.63. The zero-order chi connectivity index (χ0) is 10.8. The van der Waals surface area contributed by atoms with Crippen molar-refractivity contribution < 1.29 is 14.3 Å². The minimum Gasteiger partial charge on any atom is -0.481 e. The molecule has 0 radical (unpaired) electrons. The molecule has 4 heteroatoms. The third-order valence-corrected chi connectivity index (χ3v) is 2.40. The first-order valence-corrected chi connectivity index (χ1v) is 4.88. The number of rotatable bonds is 3. The van der Waals surface area contributed by atoms with Gasteiger partial charge >= 0.3 is 5.97 Å². The highest BCUT2D eigenvalue weighted by Gasteiger charge is 2.29. The van der Waals surface area contributed by atoms with Crippen LogP contribution in [0.3, 0.4) is 0 Å². The summed E-state index contributed by atoms with van der Waals surface area (Å²) in [7, 11) is 0. The topological polar surface area (TPSA) is 37.3 Å². The van der Waals surface area contributed by atoms with Crippen molar-refractivity contribution in [3.63, 3.8) is 0 Å². The molecule has 0 aromatic heterocycles. The van der Waals surface area contributed by atoms with Crippen molar-refractivity contribution in [2.45, 2.75) is 19.0 Å². The normalized spacial score (nSPS) is 14.8. The van der Waals surface area contributed by atoms with Gasteiger partial charge in [0.2, 0.25) is 0 Å². The Morgan fingerprint density at radius 3 is 2.79 bits per heavy atom. The number of halogens is 2. The van der Waals surface area contributed by atoms with E-state index in [2.05, 4.69) is 15.9 Å². The molecule has 0 fully saturated rings. The molecule has 0 aliphatic carbocycles. The number of hydrogen-bond acceptors (Lipinski definition) is 1. The highest BCUT2D eigenvalue weighted by Crippen LogP contribution is 2.30. The number of carboxylic acids is 1. The Morgan fingerprint density at radius 2 is 2.29 bits per heavy atom. The van der Waals surface area contributed by atoms with Gasteiger partial charge in [-0.05, 0) is 24.6 Å². The van der Waals surface area contributed by atoms with Gasteiger partial charge in [-0.1, -0.05) is 28.1 Å². The molecule has 0 spiro atoms. The monoisotopic (exact) mass is 260 g/mol. The first-order chi connectivity index (χ1) is 6.42. The SMILES string of the molecule is CC(F)(CC(=O)O)c1cccc(Br)c1. The Morgan fingerprint density at radius 1 is 1.64 bits per heavy atom. The lowest BCUT2D eigenvalue weighted by Crippen LogP contribution is -2.19. The Hall–Kier alpha value is -0.900. The first kappa shape index (κ1) is 11.2. The van der Waals surface area contributed by atoms with Crippen molar-refractivity contribution in [3.8, 4) is 0 Å². The van der Waals surface area contributed by atoms with Gasteiger partial charge in [-0.2, -0.15) is 0 Å². The summed E-state index contributed by atoms with van der Waals surface area (Å²) in [4.78, 5) is 10.4. The van der Waals surface area contributed by atoms with Crippen molar-refractivity contribution in [3.05, 3.63) is 34.3 Å². The molecule has 14 heavy (non-hydrogen) atoms. The van der Waals surface area contributed by atoms with Gasteiger partial charge in [0.05, 0.1) is 6.42 Å². The van der Waals surface area contributed by atoms with Crippen LogP contribution in [0.15, 0.2) is 28.7 Å². The average molecular weight is 261 g/mol. The molecule has 0 saturated carbocycles. The Bertz CT molecular complexity index is 350. The second-order valence-electron chi connectivity index (χ2n) is 3.28. The van der Waals surface area contributed by atoms with E-state index < -0.39 is 18.1 Å². The van der Waals surface area contributed by atoms with E-state index in [1.54, 1.807) is 24.3 Å². The number of hydrogen-bond donors (Lipinski definition) is 1. The van der Waals surface area contributed by atoms with Crippen molar-refractivity contribution in [2.75, 3.05) is 0 Å². The zero-order valence-corrected chi connectivity index (χ0v) is 9.21. The number of aliphatic carboxylic acids is 1. The van der Waals surface area contributed by atoms with Crippen molar-refractivity contribution in [2.24, 2.45) is 0 Å². The highest BCUT2D eigenvalue weighted by molar-refractivity contribution is 9.10. The molecule has 1 rings (SSSR count). The molecule has 76 valence electrons. The molecule has 0 aliphatic heterocycles. The smallest absolute Gasteiger partial charge is 0.306 e. The van der Waals surface area contributed by atoms with Gasteiger partial charge in [0.25, 0.3) is 0 Å². The number of carboxylic acid groups (broad SMARTS) is 1. The molecule has 1 aromatic rings. The Labute approximate surface area is 89.9 Å². The summed E-state index contributed by atoms with van der Waals surface area (Å²) in [5, 5.41) is 8.53. The average Bonchev–Trinajstić information content (AvgIpc) is 2.01. The third-order valence-electron chi connectivity index (χ3n) is 1.91. The molecule has 1 unspecified atom stereocenters. The molecule has 0 saturated heterocycles. The van der Waals surface area contributed by atoms with Crippen LogP contribution >= 0.6 is 15.9 Å².